The molecule has 2 rings (SSSR count). The monoisotopic (exact) mass is 289 g/mol. The van der Waals surface area contributed by atoms with Gasteiger partial charge in [-0.1, -0.05) is 25.1 Å². The van der Waals surface area contributed by atoms with E-state index in [-0.39, 0.29) is 12.1 Å². The lowest BCUT2D eigenvalue weighted by atomic mass is 10.1. The van der Waals surface area contributed by atoms with Crippen molar-refractivity contribution in [2.24, 2.45) is 5.92 Å². The average molecular weight is 289 g/mol. The molecule has 1 unspecified atom stereocenters. The van der Waals surface area contributed by atoms with Crippen LogP contribution in [0.2, 0.25) is 0 Å². The molecule has 1 heterocycles. The van der Waals surface area contributed by atoms with Crippen molar-refractivity contribution in [1.29, 1.82) is 0 Å². The van der Waals surface area contributed by atoms with Gasteiger partial charge in [0, 0.05) is 11.9 Å². The van der Waals surface area contributed by atoms with E-state index in [2.05, 4.69) is 5.32 Å². The van der Waals surface area contributed by atoms with Crippen LogP contribution < -0.4 is 10.9 Å². The first kappa shape index (κ1) is 14.8. The fourth-order valence-corrected chi connectivity index (χ4v) is 1.94. The number of benzene rings is 1. The van der Waals surface area contributed by atoms with Crippen molar-refractivity contribution in [2.45, 2.75) is 13.3 Å². The highest BCUT2D eigenvalue weighted by Crippen LogP contribution is 2.12. The largest absolute Gasteiger partial charge is 0.481 e. The molecule has 0 radical (unpaired) electrons. The van der Waals surface area contributed by atoms with Crippen LogP contribution in [0.15, 0.2) is 39.5 Å². The Kier molecular flexibility index (Phi) is 4.37. The Labute approximate surface area is 120 Å². The summed E-state index contributed by atoms with van der Waals surface area (Å²) in [4.78, 5) is 34.7. The summed E-state index contributed by atoms with van der Waals surface area (Å²) >= 11 is 0. The predicted octanol–water partition coefficient (Wildman–Crippen LogP) is 1.63. The molecule has 1 aromatic carbocycles. The Balaban J connectivity index is 2.21. The minimum Gasteiger partial charge on any atom is -0.481 e. The zero-order valence-corrected chi connectivity index (χ0v) is 11.5. The van der Waals surface area contributed by atoms with E-state index in [1.807, 2.05) is 0 Å². The summed E-state index contributed by atoms with van der Waals surface area (Å²) in [5.41, 5.74) is -0.473. The van der Waals surface area contributed by atoms with Crippen LogP contribution in [0.1, 0.15) is 23.7 Å². The molecular weight excluding hydrogens is 274 g/mol. The van der Waals surface area contributed by atoms with Crippen molar-refractivity contribution >= 4 is 22.8 Å². The van der Waals surface area contributed by atoms with E-state index in [0.29, 0.717) is 17.4 Å². The quantitative estimate of drug-likeness (QED) is 0.815. The summed E-state index contributed by atoms with van der Waals surface area (Å²) in [6.07, 6.45) is 0.391. The van der Waals surface area contributed by atoms with Gasteiger partial charge in [-0.15, -0.1) is 0 Å². The van der Waals surface area contributed by atoms with Gasteiger partial charge in [-0.25, -0.2) is 4.79 Å². The van der Waals surface area contributed by atoms with Gasteiger partial charge in [-0.3, -0.25) is 9.59 Å². The summed E-state index contributed by atoms with van der Waals surface area (Å²) in [6.45, 7) is 1.69. The Bertz CT molecular complexity index is 734. The van der Waals surface area contributed by atoms with Crippen molar-refractivity contribution in [3.8, 4) is 0 Å². The highest BCUT2D eigenvalue weighted by molar-refractivity contribution is 5.96. The molecule has 6 heteroatoms. The number of aliphatic carboxylic acids is 1. The normalized spacial score (nSPS) is 12.0. The van der Waals surface area contributed by atoms with Gasteiger partial charge in [0.05, 0.1) is 5.92 Å². The molecule has 1 atom stereocenters. The number of carbonyl (C=O) groups excluding carboxylic acids is 1. The Morgan fingerprint density at radius 1 is 1.33 bits per heavy atom. The van der Waals surface area contributed by atoms with Crippen LogP contribution in [0.3, 0.4) is 0 Å². The van der Waals surface area contributed by atoms with Crippen LogP contribution in [-0.2, 0) is 4.79 Å². The van der Waals surface area contributed by atoms with Gasteiger partial charge >= 0.3 is 11.6 Å². The fraction of sp³-hybridized carbons (Fsp3) is 0.267. The van der Waals surface area contributed by atoms with Crippen LogP contribution in [0.4, 0.5) is 0 Å². The second kappa shape index (κ2) is 6.21. The first-order valence-corrected chi connectivity index (χ1v) is 6.56. The molecular formula is C15H15NO5. The molecule has 1 aromatic heterocycles. The Hall–Kier alpha value is -2.63. The van der Waals surface area contributed by atoms with Gasteiger partial charge < -0.3 is 14.8 Å². The standard InChI is InChI=1S/C15H15NO5/c1-2-9(14(18)19)8-16-13(17)11-7-10-5-3-4-6-12(10)21-15(11)20/h3-7,9H,2,8H2,1H3,(H,16,17)(H,18,19). The summed E-state index contributed by atoms with van der Waals surface area (Å²) in [5, 5.41) is 12.0. The molecule has 0 aliphatic heterocycles. The second-order valence-electron chi connectivity index (χ2n) is 4.64. The van der Waals surface area contributed by atoms with Crippen molar-refractivity contribution in [3.05, 3.63) is 46.3 Å². The zero-order valence-electron chi connectivity index (χ0n) is 11.5. The van der Waals surface area contributed by atoms with E-state index < -0.39 is 23.4 Å². The topological polar surface area (TPSA) is 96.6 Å². The van der Waals surface area contributed by atoms with E-state index >= 15 is 0 Å². The maximum Gasteiger partial charge on any atom is 0.349 e. The maximum atomic E-state index is 12.0. The van der Waals surface area contributed by atoms with Gasteiger partial charge in [0.1, 0.15) is 11.1 Å². The molecule has 2 N–H and O–H groups in total. The molecule has 0 aliphatic rings. The summed E-state index contributed by atoms with van der Waals surface area (Å²) in [5.74, 6) is -2.29. The second-order valence-corrected chi connectivity index (χ2v) is 4.64. The SMILES string of the molecule is CCC(CNC(=O)c1cc2ccccc2oc1=O)C(=O)O. The molecule has 110 valence electrons. The number of para-hydroxylation sites is 1. The van der Waals surface area contributed by atoms with Crippen LogP contribution in [0.25, 0.3) is 11.0 Å². The molecule has 0 aliphatic carbocycles. The third-order valence-electron chi connectivity index (χ3n) is 3.24. The van der Waals surface area contributed by atoms with E-state index in [1.165, 1.54) is 6.07 Å². The number of hydrogen-bond donors (Lipinski definition) is 2. The van der Waals surface area contributed by atoms with Crippen LogP contribution in [0, 0.1) is 5.92 Å². The van der Waals surface area contributed by atoms with E-state index in [0.717, 1.165) is 0 Å². The third-order valence-corrected chi connectivity index (χ3v) is 3.24. The zero-order chi connectivity index (χ0) is 15.4. The van der Waals surface area contributed by atoms with E-state index in [4.69, 9.17) is 9.52 Å². The molecule has 0 saturated heterocycles. The number of amides is 1. The minimum atomic E-state index is -0.983. The van der Waals surface area contributed by atoms with E-state index in [1.54, 1.807) is 31.2 Å². The first-order chi connectivity index (χ1) is 10.0. The first-order valence-electron chi connectivity index (χ1n) is 6.56. The van der Waals surface area contributed by atoms with Crippen LogP contribution >= 0.6 is 0 Å². The number of hydrogen-bond acceptors (Lipinski definition) is 4. The summed E-state index contributed by atoms with van der Waals surface area (Å²) in [6, 6.07) is 8.29. The smallest absolute Gasteiger partial charge is 0.349 e. The Morgan fingerprint density at radius 3 is 2.71 bits per heavy atom. The molecule has 0 saturated carbocycles. The molecule has 1 amide bonds. The number of nitrogens with one attached hydrogen (secondary N) is 1. The van der Waals surface area contributed by atoms with Gasteiger partial charge in [0.25, 0.3) is 5.91 Å². The molecule has 2 aromatic rings. The van der Waals surface area contributed by atoms with Crippen LogP contribution in [0.5, 0.6) is 0 Å². The number of fused-ring (bicyclic) bond motifs is 1. The highest BCUT2D eigenvalue weighted by Gasteiger charge is 2.18. The molecule has 6 nitrogen and oxygen atoms in total. The van der Waals surface area contributed by atoms with Crippen LogP contribution in [-0.4, -0.2) is 23.5 Å². The highest BCUT2D eigenvalue weighted by atomic mass is 16.4. The number of carbonyl (C=O) groups is 2. The van der Waals surface area contributed by atoms with Gasteiger partial charge in [-0.05, 0) is 18.6 Å². The molecule has 0 spiro atoms. The lowest BCUT2D eigenvalue weighted by Gasteiger charge is -2.10. The summed E-state index contributed by atoms with van der Waals surface area (Å²) < 4.78 is 5.06. The lowest BCUT2D eigenvalue weighted by Crippen LogP contribution is -2.34. The van der Waals surface area contributed by atoms with Crippen molar-refractivity contribution < 1.29 is 19.1 Å². The Morgan fingerprint density at radius 2 is 2.05 bits per heavy atom. The van der Waals surface area contributed by atoms with Gasteiger partial charge in [0.15, 0.2) is 0 Å². The van der Waals surface area contributed by atoms with Gasteiger partial charge in [-0.2, -0.15) is 0 Å². The number of carboxylic acids is 1. The molecule has 0 bridgehead atoms. The van der Waals surface area contributed by atoms with Crippen molar-refractivity contribution in [3.63, 3.8) is 0 Å². The fourth-order valence-electron chi connectivity index (χ4n) is 1.94. The molecule has 21 heavy (non-hydrogen) atoms. The van der Waals surface area contributed by atoms with E-state index in [9.17, 15) is 14.4 Å². The lowest BCUT2D eigenvalue weighted by molar-refractivity contribution is -0.141. The minimum absolute atomic E-state index is 0.0308. The number of carboxylic acid groups (broad SMARTS) is 1. The number of rotatable bonds is 5. The molecule has 0 fully saturated rings. The van der Waals surface area contributed by atoms with Gasteiger partial charge in [0.2, 0.25) is 0 Å². The maximum absolute atomic E-state index is 12.0. The average Bonchev–Trinajstić information content (AvgIpc) is 2.46. The van der Waals surface area contributed by atoms with Crippen molar-refractivity contribution in [2.75, 3.05) is 6.54 Å². The summed E-state index contributed by atoms with van der Waals surface area (Å²) in [7, 11) is 0. The van der Waals surface area contributed by atoms with Crippen molar-refractivity contribution in [1.82, 2.24) is 5.32 Å². The predicted molar refractivity (Wildman–Crippen MR) is 76.2 cm³/mol. The third kappa shape index (κ3) is 3.28.